The second-order valence-electron chi connectivity index (χ2n) is 4.50. The highest BCUT2D eigenvalue weighted by Crippen LogP contribution is 2.27. The van der Waals surface area contributed by atoms with Crippen molar-refractivity contribution in [2.45, 2.75) is 18.8 Å². The Bertz CT molecular complexity index is 498. The average Bonchev–Trinajstić information content (AvgIpc) is 2.73. The van der Waals surface area contributed by atoms with Crippen LogP contribution < -0.4 is 5.32 Å². The van der Waals surface area contributed by atoms with Gasteiger partial charge in [0, 0.05) is 34.1 Å². The van der Waals surface area contributed by atoms with Crippen molar-refractivity contribution in [3.05, 3.63) is 35.0 Å². The van der Waals surface area contributed by atoms with Crippen LogP contribution in [-0.2, 0) is 0 Å². The first-order chi connectivity index (χ1) is 7.83. The molecule has 16 heavy (non-hydrogen) atoms. The van der Waals surface area contributed by atoms with Gasteiger partial charge in [0.2, 0.25) is 0 Å². The molecule has 1 unspecified atom stereocenters. The van der Waals surface area contributed by atoms with Crippen LogP contribution in [0.15, 0.2) is 24.3 Å². The van der Waals surface area contributed by atoms with Crippen molar-refractivity contribution < 1.29 is 0 Å². The summed E-state index contributed by atoms with van der Waals surface area (Å²) in [4.78, 5) is 3.49. The van der Waals surface area contributed by atoms with Gasteiger partial charge in [-0.05, 0) is 43.7 Å². The number of rotatable bonds is 1. The molecule has 1 aromatic heterocycles. The zero-order valence-corrected chi connectivity index (χ0v) is 9.85. The smallest absolute Gasteiger partial charge is 0.0457 e. The van der Waals surface area contributed by atoms with Crippen LogP contribution in [0.3, 0.4) is 0 Å². The molecule has 3 heteroatoms. The van der Waals surface area contributed by atoms with Gasteiger partial charge in [0.15, 0.2) is 0 Å². The predicted octanol–water partition coefficient (Wildman–Crippen LogP) is 3.29. The summed E-state index contributed by atoms with van der Waals surface area (Å²) in [5.41, 5.74) is 2.52. The van der Waals surface area contributed by atoms with E-state index in [1.54, 1.807) is 0 Å². The fraction of sp³-hybridized carbons (Fsp3) is 0.385. The minimum Gasteiger partial charge on any atom is -0.358 e. The van der Waals surface area contributed by atoms with Crippen LogP contribution in [0.2, 0.25) is 5.02 Å². The van der Waals surface area contributed by atoms with E-state index in [4.69, 9.17) is 11.6 Å². The fourth-order valence-corrected chi connectivity index (χ4v) is 2.64. The van der Waals surface area contributed by atoms with Crippen molar-refractivity contribution in [1.82, 2.24) is 10.3 Å². The van der Waals surface area contributed by atoms with E-state index in [2.05, 4.69) is 22.4 Å². The standard InChI is InChI=1S/C13H15ClN2/c14-11-3-4-12-10(6-11)7-13(16-12)9-2-1-5-15-8-9/h3-4,6-7,9,15-16H,1-2,5,8H2. The molecule has 0 spiro atoms. The molecule has 1 aliphatic heterocycles. The number of hydrogen-bond donors (Lipinski definition) is 2. The van der Waals surface area contributed by atoms with Crippen LogP contribution in [0.25, 0.3) is 10.9 Å². The molecule has 1 saturated heterocycles. The molecule has 0 aliphatic carbocycles. The lowest BCUT2D eigenvalue weighted by Gasteiger charge is -2.21. The molecule has 3 rings (SSSR count). The van der Waals surface area contributed by atoms with Crippen LogP contribution in [0.4, 0.5) is 0 Å². The molecule has 0 bridgehead atoms. The molecule has 2 aromatic rings. The minimum atomic E-state index is 0.625. The molecule has 0 amide bonds. The molecular weight excluding hydrogens is 220 g/mol. The number of fused-ring (bicyclic) bond motifs is 1. The van der Waals surface area contributed by atoms with Crippen LogP contribution in [-0.4, -0.2) is 18.1 Å². The first-order valence-electron chi connectivity index (χ1n) is 5.82. The highest BCUT2D eigenvalue weighted by Gasteiger charge is 2.16. The van der Waals surface area contributed by atoms with E-state index in [0.29, 0.717) is 5.92 Å². The Morgan fingerprint density at radius 2 is 2.19 bits per heavy atom. The molecule has 84 valence electrons. The summed E-state index contributed by atoms with van der Waals surface area (Å²) in [6.45, 7) is 2.24. The van der Waals surface area contributed by atoms with Gasteiger partial charge in [-0.3, -0.25) is 0 Å². The van der Waals surface area contributed by atoms with Gasteiger partial charge >= 0.3 is 0 Å². The number of aromatic amines is 1. The maximum atomic E-state index is 5.99. The van der Waals surface area contributed by atoms with Crippen molar-refractivity contribution >= 4 is 22.5 Å². The summed E-state index contributed by atoms with van der Waals surface area (Å²) in [7, 11) is 0. The van der Waals surface area contributed by atoms with Gasteiger partial charge in [0.25, 0.3) is 0 Å². The largest absolute Gasteiger partial charge is 0.358 e. The fourth-order valence-electron chi connectivity index (χ4n) is 2.46. The first-order valence-corrected chi connectivity index (χ1v) is 6.19. The van der Waals surface area contributed by atoms with E-state index < -0.39 is 0 Å². The molecule has 2 heterocycles. The number of benzene rings is 1. The third kappa shape index (κ3) is 1.83. The van der Waals surface area contributed by atoms with Crippen LogP contribution in [0, 0.1) is 0 Å². The second kappa shape index (κ2) is 4.11. The Morgan fingerprint density at radius 3 is 3.00 bits per heavy atom. The lowest BCUT2D eigenvalue weighted by atomic mass is 9.96. The topological polar surface area (TPSA) is 27.8 Å². The van der Waals surface area contributed by atoms with Crippen molar-refractivity contribution in [2.75, 3.05) is 13.1 Å². The molecule has 2 N–H and O–H groups in total. The maximum Gasteiger partial charge on any atom is 0.0457 e. The maximum absolute atomic E-state index is 5.99. The highest BCUT2D eigenvalue weighted by atomic mass is 35.5. The third-order valence-corrected chi connectivity index (χ3v) is 3.58. The van der Waals surface area contributed by atoms with Gasteiger partial charge < -0.3 is 10.3 Å². The van der Waals surface area contributed by atoms with Gasteiger partial charge in [-0.2, -0.15) is 0 Å². The quantitative estimate of drug-likeness (QED) is 0.779. The summed E-state index contributed by atoms with van der Waals surface area (Å²) < 4.78 is 0. The Balaban J connectivity index is 1.97. The van der Waals surface area contributed by atoms with Crippen LogP contribution in [0.1, 0.15) is 24.5 Å². The second-order valence-corrected chi connectivity index (χ2v) is 4.94. The predicted molar refractivity (Wildman–Crippen MR) is 68.2 cm³/mol. The summed E-state index contributed by atoms with van der Waals surface area (Å²) in [6.07, 6.45) is 2.54. The Labute approximate surface area is 100.0 Å². The Hall–Kier alpha value is -0.990. The van der Waals surface area contributed by atoms with Gasteiger partial charge in [0.05, 0.1) is 0 Å². The Morgan fingerprint density at radius 1 is 1.25 bits per heavy atom. The van der Waals surface area contributed by atoms with Crippen molar-refractivity contribution in [3.63, 3.8) is 0 Å². The number of hydrogen-bond acceptors (Lipinski definition) is 1. The molecule has 0 saturated carbocycles. The van der Waals surface area contributed by atoms with E-state index in [1.165, 1.54) is 29.4 Å². The molecule has 1 fully saturated rings. The molecular formula is C13H15ClN2. The normalized spacial score (nSPS) is 21.4. The molecule has 1 atom stereocenters. The zero-order valence-electron chi connectivity index (χ0n) is 9.09. The highest BCUT2D eigenvalue weighted by molar-refractivity contribution is 6.31. The summed E-state index contributed by atoms with van der Waals surface area (Å²) in [5, 5.41) is 5.46. The van der Waals surface area contributed by atoms with Gasteiger partial charge in [-0.25, -0.2) is 0 Å². The summed E-state index contributed by atoms with van der Waals surface area (Å²) in [5.74, 6) is 0.625. The summed E-state index contributed by atoms with van der Waals surface area (Å²) in [6, 6.07) is 8.24. The van der Waals surface area contributed by atoms with Crippen molar-refractivity contribution in [3.8, 4) is 0 Å². The lowest BCUT2D eigenvalue weighted by Crippen LogP contribution is -2.28. The van der Waals surface area contributed by atoms with Crippen LogP contribution in [0.5, 0.6) is 0 Å². The van der Waals surface area contributed by atoms with E-state index in [-0.39, 0.29) is 0 Å². The van der Waals surface area contributed by atoms with Gasteiger partial charge in [-0.15, -0.1) is 0 Å². The molecule has 0 radical (unpaired) electrons. The van der Waals surface area contributed by atoms with Gasteiger partial charge in [0.1, 0.15) is 0 Å². The van der Waals surface area contributed by atoms with E-state index in [9.17, 15) is 0 Å². The first kappa shape index (κ1) is 10.2. The number of piperidine rings is 1. The zero-order chi connectivity index (χ0) is 11.0. The third-order valence-electron chi connectivity index (χ3n) is 3.34. The molecule has 2 nitrogen and oxygen atoms in total. The molecule has 1 aliphatic rings. The van der Waals surface area contributed by atoms with Crippen LogP contribution >= 0.6 is 11.6 Å². The lowest BCUT2D eigenvalue weighted by molar-refractivity contribution is 0.456. The van der Waals surface area contributed by atoms with E-state index >= 15 is 0 Å². The molecule has 1 aromatic carbocycles. The number of H-pyrrole nitrogens is 1. The number of aromatic nitrogens is 1. The number of nitrogens with one attached hydrogen (secondary N) is 2. The SMILES string of the molecule is Clc1ccc2[nH]c(C3CCCNC3)cc2c1. The van der Waals surface area contributed by atoms with Crippen molar-refractivity contribution in [2.24, 2.45) is 0 Å². The van der Waals surface area contributed by atoms with E-state index in [1.807, 2.05) is 12.1 Å². The van der Waals surface area contributed by atoms with E-state index in [0.717, 1.165) is 18.1 Å². The van der Waals surface area contributed by atoms with Gasteiger partial charge in [-0.1, -0.05) is 11.6 Å². The summed E-state index contributed by atoms with van der Waals surface area (Å²) >= 11 is 5.99. The monoisotopic (exact) mass is 234 g/mol. The average molecular weight is 235 g/mol. The minimum absolute atomic E-state index is 0.625. The Kier molecular flexibility index (Phi) is 2.62. The number of halogens is 1. The van der Waals surface area contributed by atoms with Crippen molar-refractivity contribution in [1.29, 1.82) is 0 Å².